The second-order valence-electron chi connectivity index (χ2n) is 6.51. The Morgan fingerprint density at radius 2 is 1.71 bits per heavy atom. The highest BCUT2D eigenvalue weighted by Gasteiger charge is 2.24. The van der Waals surface area contributed by atoms with Gasteiger partial charge in [-0.1, -0.05) is 36.4 Å². The number of hydrogen-bond donors (Lipinski definition) is 1. The van der Waals surface area contributed by atoms with Gasteiger partial charge in [0.25, 0.3) is 5.91 Å². The molecule has 4 rings (SSSR count). The molecule has 1 fully saturated rings. The van der Waals surface area contributed by atoms with Gasteiger partial charge in [-0.2, -0.15) is 0 Å². The van der Waals surface area contributed by atoms with E-state index in [-0.39, 0.29) is 18.3 Å². The number of ether oxygens (including phenoxy) is 1. The molecule has 1 N–H and O–H groups in total. The number of halogens is 3. The second kappa shape index (κ2) is 9.80. The van der Waals surface area contributed by atoms with E-state index in [1.807, 2.05) is 42.5 Å². The lowest BCUT2D eigenvalue weighted by Gasteiger charge is -2.12. The van der Waals surface area contributed by atoms with Crippen LogP contribution in [-0.4, -0.2) is 11.1 Å². The fraction of sp³-hybridized carbons (Fsp3) is 0.0435. The number of benzene rings is 3. The number of amides is 1. The molecule has 1 amide bonds. The summed E-state index contributed by atoms with van der Waals surface area (Å²) >= 11 is 8.28. The Kier molecular flexibility index (Phi) is 6.89. The van der Waals surface area contributed by atoms with Crippen LogP contribution < -0.4 is 10.1 Å². The van der Waals surface area contributed by atoms with Crippen LogP contribution in [0.1, 0.15) is 11.1 Å². The summed E-state index contributed by atoms with van der Waals surface area (Å²) in [7, 11) is 0. The number of carbonyl (C=O) groups is 1. The molecule has 1 aliphatic rings. The first-order chi connectivity index (χ1) is 15.0. The molecular formula is C23H15Br2FN2O2S. The van der Waals surface area contributed by atoms with Gasteiger partial charge < -0.3 is 10.1 Å². The molecule has 0 atom stereocenters. The van der Waals surface area contributed by atoms with E-state index in [1.165, 1.54) is 17.8 Å². The second-order valence-corrected chi connectivity index (χ2v) is 9.25. The highest BCUT2D eigenvalue weighted by Crippen LogP contribution is 2.37. The highest BCUT2D eigenvalue weighted by molar-refractivity contribution is 9.11. The van der Waals surface area contributed by atoms with Gasteiger partial charge in [0, 0.05) is 5.56 Å². The Labute approximate surface area is 199 Å². The van der Waals surface area contributed by atoms with Crippen LogP contribution in [0.4, 0.5) is 10.1 Å². The Balaban J connectivity index is 1.51. The van der Waals surface area contributed by atoms with Crippen LogP contribution >= 0.6 is 43.6 Å². The molecule has 8 heteroatoms. The van der Waals surface area contributed by atoms with Crippen LogP contribution in [0.2, 0.25) is 0 Å². The lowest BCUT2D eigenvalue weighted by molar-refractivity contribution is -0.115. The number of para-hydroxylation sites is 1. The van der Waals surface area contributed by atoms with Crippen LogP contribution in [0, 0.1) is 5.82 Å². The predicted molar refractivity (Wildman–Crippen MR) is 130 cm³/mol. The predicted octanol–water partition coefficient (Wildman–Crippen LogP) is 6.82. The SMILES string of the molecule is O=C1NC(=Nc2ccccc2)S/C1=C/c1cc(Br)c(OCc2ccccc2F)c(Br)c1. The molecule has 0 radical (unpaired) electrons. The fourth-order valence-corrected chi connectivity index (χ4v) is 5.11. The van der Waals surface area contributed by atoms with Crippen molar-refractivity contribution in [2.75, 3.05) is 0 Å². The topological polar surface area (TPSA) is 50.7 Å². The van der Waals surface area contributed by atoms with Crippen molar-refractivity contribution in [1.82, 2.24) is 5.32 Å². The minimum Gasteiger partial charge on any atom is -0.486 e. The van der Waals surface area contributed by atoms with Crippen molar-refractivity contribution in [2.24, 2.45) is 4.99 Å². The average molecular weight is 562 g/mol. The molecule has 3 aromatic carbocycles. The summed E-state index contributed by atoms with van der Waals surface area (Å²) in [4.78, 5) is 17.3. The summed E-state index contributed by atoms with van der Waals surface area (Å²) in [5.41, 5.74) is 2.04. The third-order valence-corrected chi connectivity index (χ3v) is 6.37. The molecule has 31 heavy (non-hydrogen) atoms. The largest absolute Gasteiger partial charge is 0.486 e. The van der Waals surface area contributed by atoms with Gasteiger partial charge in [-0.25, -0.2) is 9.38 Å². The van der Waals surface area contributed by atoms with Gasteiger partial charge in [-0.3, -0.25) is 4.79 Å². The van der Waals surface area contributed by atoms with Crippen molar-refractivity contribution < 1.29 is 13.9 Å². The van der Waals surface area contributed by atoms with Crippen molar-refractivity contribution in [2.45, 2.75) is 6.61 Å². The van der Waals surface area contributed by atoms with Crippen LogP contribution in [0.15, 0.2) is 85.6 Å². The van der Waals surface area contributed by atoms with E-state index >= 15 is 0 Å². The maximum absolute atomic E-state index is 13.8. The van der Waals surface area contributed by atoms with E-state index in [2.05, 4.69) is 42.2 Å². The Bertz CT molecular complexity index is 1180. The number of thioether (sulfide) groups is 1. The molecule has 1 saturated heterocycles. The van der Waals surface area contributed by atoms with Gasteiger partial charge in [0.2, 0.25) is 0 Å². The molecule has 1 aliphatic heterocycles. The first kappa shape index (κ1) is 21.8. The van der Waals surface area contributed by atoms with Gasteiger partial charge in [0.15, 0.2) is 5.17 Å². The zero-order valence-corrected chi connectivity index (χ0v) is 19.9. The summed E-state index contributed by atoms with van der Waals surface area (Å²) in [6.07, 6.45) is 1.78. The monoisotopic (exact) mass is 560 g/mol. The van der Waals surface area contributed by atoms with E-state index < -0.39 is 0 Å². The summed E-state index contributed by atoms with van der Waals surface area (Å²) in [5, 5.41) is 3.31. The first-order valence-electron chi connectivity index (χ1n) is 9.19. The van der Waals surface area contributed by atoms with Gasteiger partial charge in [-0.15, -0.1) is 0 Å². The van der Waals surface area contributed by atoms with Crippen LogP contribution in [0.5, 0.6) is 5.75 Å². The average Bonchev–Trinajstić information content (AvgIpc) is 3.08. The molecule has 0 aliphatic carbocycles. The number of nitrogens with zero attached hydrogens (tertiary/aromatic N) is 1. The maximum atomic E-state index is 13.8. The number of nitrogens with one attached hydrogen (secondary N) is 1. The minimum absolute atomic E-state index is 0.0991. The van der Waals surface area contributed by atoms with Crippen LogP contribution in [0.3, 0.4) is 0 Å². The van der Waals surface area contributed by atoms with Crippen molar-refractivity contribution in [3.63, 3.8) is 0 Å². The maximum Gasteiger partial charge on any atom is 0.264 e. The first-order valence-corrected chi connectivity index (χ1v) is 11.6. The van der Waals surface area contributed by atoms with E-state index in [0.717, 1.165) is 11.3 Å². The van der Waals surface area contributed by atoms with Gasteiger partial charge >= 0.3 is 0 Å². The molecule has 0 spiro atoms. The number of hydrogen-bond acceptors (Lipinski definition) is 4. The van der Waals surface area contributed by atoms with Crippen LogP contribution in [-0.2, 0) is 11.4 Å². The summed E-state index contributed by atoms with van der Waals surface area (Å²) < 4.78 is 21.0. The summed E-state index contributed by atoms with van der Waals surface area (Å²) in [6.45, 7) is 0.0991. The Morgan fingerprint density at radius 3 is 2.42 bits per heavy atom. The molecular weight excluding hydrogens is 547 g/mol. The molecule has 0 bridgehead atoms. The number of rotatable bonds is 5. The normalized spacial score (nSPS) is 16.0. The van der Waals surface area contributed by atoms with Gasteiger partial charge in [0.05, 0.1) is 19.5 Å². The van der Waals surface area contributed by atoms with Crippen molar-refractivity contribution >= 4 is 66.5 Å². The third kappa shape index (κ3) is 5.44. The van der Waals surface area contributed by atoms with Crippen LogP contribution in [0.25, 0.3) is 6.08 Å². The minimum atomic E-state index is -0.312. The van der Waals surface area contributed by atoms with E-state index in [4.69, 9.17) is 4.74 Å². The Hall–Kier alpha value is -2.42. The molecule has 0 unspecified atom stereocenters. The number of aliphatic imine (C=N–C) groups is 1. The smallest absolute Gasteiger partial charge is 0.264 e. The quantitative estimate of drug-likeness (QED) is 0.348. The van der Waals surface area contributed by atoms with Gasteiger partial charge in [-0.05, 0) is 85.6 Å². The highest BCUT2D eigenvalue weighted by atomic mass is 79.9. The zero-order chi connectivity index (χ0) is 21.8. The molecule has 0 aromatic heterocycles. The summed E-state index contributed by atoms with van der Waals surface area (Å²) in [5.74, 6) is 0.0420. The van der Waals surface area contributed by atoms with Crippen molar-refractivity contribution in [1.29, 1.82) is 0 Å². The lowest BCUT2D eigenvalue weighted by atomic mass is 10.2. The zero-order valence-electron chi connectivity index (χ0n) is 15.9. The number of amidine groups is 1. The fourth-order valence-electron chi connectivity index (χ4n) is 2.82. The third-order valence-electron chi connectivity index (χ3n) is 4.29. The molecule has 0 saturated carbocycles. The van der Waals surface area contributed by atoms with E-state index in [0.29, 0.717) is 30.3 Å². The lowest BCUT2D eigenvalue weighted by Crippen LogP contribution is -2.19. The molecule has 1 heterocycles. The van der Waals surface area contributed by atoms with E-state index in [9.17, 15) is 9.18 Å². The standard InChI is InChI=1S/C23H15Br2FN2O2S/c24-17-10-14(11-18(25)21(17)30-13-15-6-4-5-9-19(15)26)12-20-22(29)28-23(31-20)27-16-7-2-1-3-8-16/h1-12H,13H2,(H,27,28,29)/b20-12+. The van der Waals surface area contributed by atoms with Crippen molar-refractivity contribution in [3.8, 4) is 5.75 Å². The molecule has 3 aromatic rings. The molecule has 4 nitrogen and oxygen atoms in total. The summed E-state index contributed by atoms with van der Waals surface area (Å²) in [6, 6.07) is 19.6. The molecule has 156 valence electrons. The van der Waals surface area contributed by atoms with Gasteiger partial charge in [0.1, 0.15) is 18.2 Å². The Morgan fingerprint density at radius 1 is 1.03 bits per heavy atom. The number of carbonyl (C=O) groups excluding carboxylic acids is 1. The van der Waals surface area contributed by atoms with E-state index in [1.54, 1.807) is 24.3 Å². The van der Waals surface area contributed by atoms with Crippen molar-refractivity contribution in [3.05, 3.63) is 97.5 Å².